The van der Waals surface area contributed by atoms with Crippen LogP contribution in [0.1, 0.15) is 37.4 Å². The molecule has 1 N–H and O–H groups in total. The van der Waals surface area contributed by atoms with Crippen molar-refractivity contribution in [3.05, 3.63) is 156 Å². The van der Waals surface area contributed by atoms with E-state index in [0.29, 0.717) is 41.9 Å². The highest BCUT2D eigenvalue weighted by Gasteiger charge is 2.35. The molecule has 3 saturated heterocycles. The summed E-state index contributed by atoms with van der Waals surface area (Å²) in [5, 5.41) is 5.05. The molecule has 0 aliphatic carbocycles. The van der Waals surface area contributed by atoms with Crippen LogP contribution in [-0.2, 0) is 28.8 Å². The van der Waals surface area contributed by atoms with Crippen LogP contribution in [0.15, 0.2) is 103 Å². The highest BCUT2D eigenvalue weighted by molar-refractivity contribution is 6.67. The van der Waals surface area contributed by atoms with Crippen LogP contribution in [-0.4, -0.2) is 139 Å². The number of amides is 7. The van der Waals surface area contributed by atoms with E-state index in [2.05, 4.69) is 5.32 Å². The summed E-state index contributed by atoms with van der Waals surface area (Å²) in [7, 11) is 3.24. The molecule has 0 bridgehead atoms. The highest BCUT2D eigenvalue weighted by atomic mass is 35.5. The highest BCUT2D eigenvalue weighted by Crippen LogP contribution is 2.31. The summed E-state index contributed by atoms with van der Waals surface area (Å²) in [5.74, 6) is -1.48. The lowest BCUT2D eigenvalue weighted by atomic mass is 10.2. The van der Waals surface area contributed by atoms with Gasteiger partial charge in [-0.05, 0) is 129 Å². The normalized spacial score (nSPS) is 13.9. The van der Waals surface area contributed by atoms with Crippen LogP contribution in [0.4, 0.5) is 17.1 Å². The van der Waals surface area contributed by atoms with Crippen molar-refractivity contribution in [1.29, 1.82) is 0 Å². The number of nitrogens with zero attached hydrogens (tertiary/aromatic N) is 7. The molecule has 0 aromatic heterocycles. The summed E-state index contributed by atoms with van der Waals surface area (Å²) >= 11 is 40.4. The molecule has 3 fully saturated rings. The first-order valence-electron chi connectivity index (χ1n) is 22.7. The SMILES string of the molecule is CNCC(=O)N1CC(=O)N(c2cccc(Cl)c2C)C1.Cc1c(Cl)cccc1N1CN(C(=O)CCl)CC1=O.Cc1c(Cl)cccc1N1CN(C(=O)CN(C)C(=O)c2cccc(Cl)c2)CC1=O.O=C(Cl)c1cccc(Cl)c1. The third kappa shape index (κ3) is 15.8. The van der Waals surface area contributed by atoms with Gasteiger partial charge in [0.15, 0.2) is 0 Å². The van der Waals surface area contributed by atoms with Crippen molar-refractivity contribution in [2.45, 2.75) is 20.8 Å². The molecule has 396 valence electrons. The predicted molar refractivity (Wildman–Crippen MR) is 295 cm³/mol. The Balaban J connectivity index is 0.000000195. The van der Waals surface area contributed by atoms with E-state index in [1.54, 1.807) is 102 Å². The molecule has 23 heteroatoms. The molecule has 3 aliphatic rings. The van der Waals surface area contributed by atoms with Crippen LogP contribution in [0.25, 0.3) is 0 Å². The maximum absolute atomic E-state index is 12.6. The van der Waals surface area contributed by atoms with Gasteiger partial charge in [0, 0.05) is 60.3 Å². The number of hydrogen-bond acceptors (Lipinski definition) is 9. The molecule has 0 spiro atoms. The number of nitrogens with one attached hydrogen (secondary N) is 1. The fraction of sp³-hybridized carbons (Fsp3) is 0.269. The summed E-state index contributed by atoms with van der Waals surface area (Å²) in [6.45, 7) is 6.40. The number of benzene rings is 5. The lowest BCUT2D eigenvalue weighted by molar-refractivity contribution is -0.132. The van der Waals surface area contributed by atoms with Crippen molar-refractivity contribution >= 4 is 145 Å². The first-order valence-corrected chi connectivity index (χ1v) is 25.5. The summed E-state index contributed by atoms with van der Waals surface area (Å²) < 4.78 is 0. The lowest BCUT2D eigenvalue weighted by Crippen LogP contribution is -2.41. The molecule has 0 radical (unpaired) electrons. The van der Waals surface area contributed by atoms with E-state index in [4.69, 9.17) is 81.2 Å². The van der Waals surface area contributed by atoms with Crippen molar-refractivity contribution in [2.24, 2.45) is 0 Å². The predicted octanol–water partition coefficient (Wildman–Crippen LogP) is 8.95. The average Bonchev–Trinajstić information content (AvgIpc) is 4.10. The smallest absolute Gasteiger partial charge is 0.254 e. The second-order valence-electron chi connectivity index (χ2n) is 16.9. The van der Waals surface area contributed by atoms with Gasteiger partial charge in [-0.1, -0.05) is 88.3 Å². The van der Waals surface area contributed by atoms with Crippen LogP contribution in [0.3, 0.4) is 0 Å². The molecule has 7 amide bonds. The molecule has 5 aromatic rings. The van der Waals surface area contributed by atoms with Crippen molar-refractivity contribution < 1.29 is 38.4 Å². The van der Waals surface area contributed by atoms with E-state index in [9.17, 15) is 38.4 Å². The Kier molecular flexibility index (Phi) is 22.1. The number of halogens is 7. The zero-order valence-corrected chi connectivity index (χ0v) is 46.5. The maximum Gasteiger partial charge on any atom is 0.254 e. The molecular formula is C52H51Cl7N8O8. The molecule has 75 heavy (non-hydrogen) atoms. The van der Waals surface area contributed by atoms with E-state index in [1.807, 2.05) is 32.9 Å². The number of anilines is 3. The number of hydrogen-bond donors (Lipinski definition) is 1. The molecule has 8 rings (SSSR count). The van der Waals surface area contributed by atoms with Gasteiger partial charge in [0.1, 0.15) is 45.5 Å². The van der Waals surface area contributed by atoms with Crippen molar-refractivity contribution in [1.82, 2.24) is 24.9 Å². The first-order chi connectivity index (χ1) is 35.6. The minimum Gasteiger partial charge on any atom is -0.332 e. The molecule has 3 aliphatic heterocycles. The third-order valence-corrected chi connectivity index (χ3v) is 13.9. The molecule has 0 unspecified atom stereocenters. The molecule has 0 atom stereocenters. The second kappa shape index (κ2) is 27.7. The molecule has 3 heterocycles. The molecule has 16 nitrogen and oxygen atoms in total. The van der Waals surface area contributed by atoms with Gasteiger partial charge >= 0.3 is 0 Å². The molecule has 5 aromatic carbocycles. The van der Waals surface area contributed by atoms with E-state index in [0.717, 1.165) is 28.1 Å². The monoisotopic (exact) mass is 1160 g/mol. The molecule has 0 saturated carbocycles. The molecular weight excluding hydrogens is 1110 g/mol. The van der Waals surface area contributed by atoms with Crippen LogP contribution in [0.5, 0.6) is 0 Å². The van der Waals surface area contributed by atoms with Crippen molar-refractivity contribution in [3.8, 4) is 0 Å². The van der Waals surface area contributed by atoms with Crippen LogP contribution in [0, 0.1) is 20.8 Å². The van der Waals surface area contributed by atoms with Crippen LogP contribution in [0.2, 0.25) is 25.1 Å². The minimum absolute atomic E-state index is 0.0377. The van der Waals surface area contributed by atoms with Gasteiger partial charge in [-0.3, -0.25) is 53.1 Å². The number of rotatable bonds is 10. The maximum atomic E-state index is 12.6. The second-order valence-corrected chi connectivity index (χ2v) is 19.6. The lowest BCUT2D eigenvalue weighted by Gasteiger charge is -2.23. The fourth-order valence-electron chi connectivity index (χ4n) is 7.62. The topological polar surface area (TPSA) is 171 Å². The van der Waals surface area contributed by atoms with E-state index in [-0.39, 0.29) is 100.0 Å². The van der Waals surface area contributed by atoms with Crippen LogP contribution >= 0.6 is 81.2 Å². The number of alkyl halides is 1. The minimum atomic E-state index is -0.484. The average molecular weight is 1160 g/mol. The largest absolute Gasteiger partial charge is 0.332 e. The summed E-state index contributed by atoms with van der Waals surface area (Å²) in [4.78, 5) is 106. The van der Waals surface area contributed by atoms with Crippen LogP contribution < -0.4 is 20.0 Å². The Morgan fingerprint density at radius 1 is 0.533 bits per heavy atom. The standard InChI is InChI=1S/C20H19Cl2N3O3.C13H16ClN3O2.C12H12Cl2N2O2.C7H4Cl2O/c1-13-16(22)7-4-8-17(13)25-12-24(11-19(25)27)18(26)10-23(2)20(28)14-5-3-6-15(21)9-14;1-9-10(14)4-3-5-11(9)17-8-16(7-13(17)19)12(18)6-15-2;1-8-9(14)3-2-4-10(8)16-7-15(6-12(16)18)11(17)5-13;8-6-3-1-2-5(4-6)7(9)10/h3-9H,10-12H2,1-2H3;3-5,15H,6-8H2,1-2H3;2-4H,5-7H2,1H3;1-4H. The number of likely N-dealkylation sites (N-methyl/N-ethyl adjacent to an activating group) is 2. The number of carbonyl (C=O) groups excluding carboxylic acids is 8. The van der Waals surface area contributed by atoms with Gasteiger partial charge < -0.3 is 24.9 Å². The van der Waals surface area contributed by atoms with Gasteiger partial charge in [0.05, 0.1) is 13.1 Å². The van der Waals surface area contributed by atoms with Crippen molar-refractivity contribution in [2.75, 3.05) is 87.4 Å². The van der Waals surface area contributed by atoms with Gasteiger partial charge in [-0.2, -0.15) is 0 Å². The first kappa shape index (κ1) is 59.9. The third-order valence-electron chi connectivity index (χ3n) is 11.8. The van der Waals surface area contributed by atoms with E-state index in [1.165, 1.54) is 37.6 Å². The van der Waals surface area contributed by atoms with Gasteiger partial charge in [0.2, 0.25) is 35.4 Å². The van der Waals surface area contributed by atoms with Gasteiger partial charge in [0.25, 0.3) is 11.1 Å². The number of carbonyl (C=O) groups is 8. The Morgan fingerprint density at radius 3 is 1.25 bits per heavy atom. The van der Waals surface area contributed by atoms with E-state index < -0.39 is 5.24 Å². The quantitative estimate of drug-likeness (QED) is 0.106. The Hall–Kier alpha value is -5.95. The Bertz CT molecular complexity index is 2980. The van der Waals surface area contributed by atoms with Gasteiger partial charge in [-0.15, -0.1) is 11.6 Å². The zero-order valence-electron chi connectivity index (χ0n) is 41.2. The summed E-state index contributed by atoms with van der Waals surface area (Å²) in [5.41, 5.74) is 5.45. The zero-order chi connectivity index (χ0) is 55.3. The Labute approximate surface area is 469 Å². The van der Waals surface area contributed by atoms with E-state index >= 15 is 0 Å². The summed E-state index contributed by atoms with van der Waals surface area (Å²) in [6.07, 6.45) is 0. The fourth-order valence-corrected chi connectivity index (χ4v) is 8.79. The van der Waals surface area contributed by atoms with Gasteiger partial charge in [-0.25, -0.2) is 0 Å². The van der Waals surface area contributed by atoms with Crippen molar-refractivity contribution in [3.63, 3.8) is 0 Å². The summed E-state index contributed by atoms with van der Waals surface area (Å²) in [6, 6.07) is 29.1. The Morgan fingerprint density at radius 2 is 0.893 bits per heavy atom.